The molecule has 4 aliphatic heterocycles. The van der Waals surface area contributed by atoms with Gasteiger partial charge in [-0.15, -0.1) is 0 Å². The van der Waals surface area contributed by atoms with E-state index in [-0.39, 0.29) is 6.42 Å². The Hall–Kier alpha value is -1.75. The van der Waals surface area contributed by atoms with Crippen molar-refractivity contribution in [3.05, 3.63) is 0 Å². The third-order valence-corrected chi connectivity index (χ3v) is 9.00. The first-order valence-electron chi connectivity index (χ1n) is 10.2. The molecule has 4 saturated heterocycles. The summed E-state index contributed by atoms with van der Waals surface area (Å²) in [4.78, 5) is 38.2. The summed E-state index contributed by atoms with van der Waals surface area (Å²) in [6, 6.07) is 0. The first kappa shape index (κ1) is 19.0. The Labute approximate surface area is 171 Å². The van der Waals surface area contributed by atoms with E-state index in [0.29, 0.717) is 0 Å². The van der Waals surface area contributed by atoms with Gasteiger partial charge in [-0.3, -0.25) is 4.79 Å². The summed E-state index contributed by atoms with van der Waals surface area (Å²) in [6.07, 6.45) is -6.91. The standard InChI is InChI=1S/C20H24O10/c1-6-12(23)28-11-9(21)18-8-5-7(16(2,3)4)17(18)10(22)13(24)29-15(17)30-20(18,14(25)27-8)19(6,11)26/h6-11,15,21-22,26H,5H2,1-4H3/t6-,7?,8?,9+,10+,11+,15+,17?,18?,19-,20?/m1/s1. The molecule has 0 aromatic carbocycles. The molecule has 0 aromatic rings. The summed E-state index contributed by atoms with van der Waals surface area (Å²) in [5.74, 6) is -4.32. The van der Waals surface area contributed by atoms with Crippen LogP contribution in [0.1, 0.15) is 34.1 Å². The van der Waals surface area contributed by atoms with E-state index < -0.39 is 87.9 Å². The molecule has 2 saturated carbocycles. The monoisotopic (exact) mass is 424 g/mol. The van der Waals surface area contributed by atoms with Crippen LogP contribution in [0.3, 0.4) is 0 Å². The molecule has 0 bridgehead atoms. The summed E-state index contributed by atoms with van der Waals surface area (Å²) in [7, 11) is 0. The third kappa shape index (κ3) is 1.33. The van der Waals surface area contributed by atoms with Gasteiger partial charge in [-0.2, -0.15) is 0 Å². The number of carbonyl (C=O) groups is 3. The number of esters is 3. The van der Waals surface area contributed by atoms with E-state index in [1.54, 1.807) is 0 Å². The molecule has 10 nitrogen and oxygen atoms in total. The van der Waals surface area contributed by atoms with Gasteiger partial charge in [-0.05, 0) is 24.7 Å². The van der Waals surface area contributed by atoms with Gasteiger partial charge in [-0.1, -0.05) is 20.8 Å². The molecule has 3 N–H and O–H groups in total. The highest BCUT2D eigenvalue weighted by molar-refractivity contribution is 5.94. The molecule has 6 rings (SSSR count). The minimum absolute atomic E-state index is 0.229. The average Bonchev–Trinajstić information content (AvgIpc) is 3.35. The Morgan fingerprint density at radius 1 is 1.03 bits per heavy atom. The van der Waals surface area contributed by atoms with Crippen molar-refractivity contribution in [2.45, 2.75) is 76.0 Å². The summed E-state index contributed by atoms with van der Waals surface area (Å²) in [5.41, 5.74) is -8.26. The summed E-state index contributed by atoms with van der Waals surface area (Å²) in [5, 5.41) is 34.7. The van der Waals surface area contributed by atoms with Crippen LogP contribution in [0, 0.1) is 28.1 Å². The van der Waals surface area contributed by atoms with Crippen molar-refractivity contribution >= 4 is 17.9 Å². The number of aliphatic hydroxyl groups is 3. The lowest BCUT2D eigenvalue weighted by Crippen LogP contribution is -2.67. The second kappa shape index (κ2) is 4.69. The van der Waals surface area contributed by atoms with E-state index >= 15 is 0 Å². The van der Waals surface area contributed by atoms with Crippen LogP contribution in [0.25, 0.3) is 0 Å². The fourth-order valence-electron chi connectivity index (χ4n) is 8.12. The van der Waals surface area contributed by atoms with E-state index in [1.165, 1.54) is 6.92 Å². The van der Waals surface area contributed by atoms with E-state index in [2.05, 4.69) is 0 Å². The van der Waals surface area contributed by atoms with Gasteiger partial charge in [0.2, 0.25) is 11.9 Å². The van der Waals surface area contributed by atoms with Gasteiger partial charge in [0.1, 0.15) is 12.2 Å². The molecule has 2 spiro atoms. The zero-order chi connectivity index (χ0) is 21.8. The van der Waals surface area contributed by atoms with Crippen molar-refractivity contribution in [3.8, 4) is 0 Å². The van der Waals surface area contributed by atoms with E-state index in [1.807, 2.05) is 20.8 Å². The first-order valence-corrected chi connectivity index (χ1v) is 10.2. The quantitative estimate of drug-likeness (QED) is 0.314. The molecular formula is C20H24O10. The van der Waals surface area contributed by atoms with Gasteiger partial charge in [0.15, 0.2) is 17.8 Å². The Balaban J connectivity index is 1.72. The summed E-state index contributed by atoms with van der Waals surface area (Å²) in [6.45, 7) is 7.14. The van der Waals surface area contributed by atoms with E-state index in [9.17, 15) is 29.7 Å². The number of aliphatic hydroxyl groups excluding tert-OH is 2. The lowest BCUT2D eigenvalue weighted by molar-refractivity contribution is -0.239. The lowest BCUT2D eigenvalue weighted by atomic mass is 9.51. The van der Waals surface area contributed by atoms with E-state index in [0.717, 1.165) is 0 Å². The maximum atomic E-state index is 13.4. The fraction of sp³-hybridized carbons (Fsp3) is 0.850. The SMILES string of the molecule is C[C@@H]1C(=O)O[C@H]2[C@H](O)C34C5CC(C(C)(C)C)C36[C@@H](OC(=O)[C@@H]6O)OC4(C(=O)O5)[C@@]12O. The van der Waals surface area contributed by atoms with Crippen LogP contribution in [0.2, 0.25) is 0 Å². The van der Waals surface area contributed by atoms with Gasteiger partial charge < -0.3 is 34.3 Å². The normalized spacial score (nSPS) is 60.1. The van der Waals surface area contributed by atoms with Crippen molar-refractivity contribution in [1.82, 2.24) is 0 Å². The Morgan fingerprint density at radius 2 is 1.70 bits per heavy atom. The van der Waals surface area contributed by atoms with Crippen LogP contribution in [0.4, 0.5) is 0 Å². The zero-order valence-electron chi connectivity index (χ0n) is 16.9. The minimum Gasteiger partial charge on any atom is -0.459 e. The highest BCUT2D eigenvalue weighted by Gasteiger charge is 3.03. The summed E-state index contributed by atoms with van der Waals surface area (Å²) >= 11 is 0. The maximum absolute atomic E-state index is 13.4. The molecule has 6 aliphatic rings. The average molecular weight is 424 g/mol. The molecule has 0 amide bonds. The molecule has 0 aromatic heterocycles. The number of hydrogen-bond acceptors (Lipinski definition) is 10. The molecule has 30 heavy (non-hydrogen) atoms. The Morgan fingerprint density at radius 3 is 2.33 bits per heavy atom. The van der Waals surface area contributed by atoms with Gasteiger partial charge in [-0.25, -0.2) is 9.59 Å². The van der Waals surface area contributed by atoms with Crippen LogP contribution in [0.15, 0.2) is 0 Å². The van der Waals surface area contributed by atoms with Crippen molar-refractivity contribution in [2.24, 2.45) is 28.1 Å². The summed E-state index contributed by atoms with van der Waals surface area (Å²) < 4.78 is 22.5. The van der Waals surface area contributed by atoms with Crippen LogP contribution in [0.5, 0.6) is 0 Å². The number of ether oxygens (including phenoxy) is 4. The largest absolute Gasteiger partial charge is 0.459 e. The number of rotatable bonds is 0. The first-order chi connectivity index (χ1) is 13.8. The molecule has 2 aliphatic carbocycles. The van der Waals surface area contributed by atoms with Crippen molar-refractivity contribution in [3.63, 3.8) is 0 Å². The third-order valence-electron chi connectivity index (χ3n) is 9.00. The molecule has 10 heteroatoms. The molecule has 11 atom stereocenters. The number of fused-ring (bicyclic) bond motifs is 1. The molecule has 0 radical (unpaired) electrons. The van der Waals surface area contributed by atoms with Gasteiger partial charge in [0, 0.05) is 0 Å². The van der Waals surface area contributed by atoms with Crippen LogP contribution in [-0.4, -0.2) is 75.1 Å². The Bertz CT molecular complexity index is 925. The van der Waals surface area contributed by atoms with Crippen LogP contribution >= 0.6 is 0 Å². The zero-order valence-corrected chi connectivity index (χ0v) is 16.9. The molecule has 5 unspecified atom stereocenters. The topological polar surface area (TPSA) is 149 Å². The Kier molecular flexibility index (Phi) is 2.97. The van der Waals surface area contributed by atoms with Crippen LogP contribution in [-0.2, 0) is 33.3 Å². The van der Waals surface area contributed by atoms with Gasteiger partial charge in [0.05, 0.1) is 16.7 Å². The van der Waals surface area contributed by atoms with Crippen molar-refractivity contribution in [2.75, 3.05) is 0 Å². The number of carbonyl (C=O) groups excluding carboxylic acids is 3. The van der Waals surface area contributed by atoms with Crippen molar-refractivity contribution < 1.29 is 48.7 Å². The minimum atomic E-state index is -2.24. The van der Waals surface area contributed by atoms with Gasteiger partial charge >= 0.3 is 17.9 Å². The molecule has 4 heterocycles. The highest BCUT2D eigenvalue weighted by atomic mass is 16.8. The molecular weight excluding hydrogens is 400 g/mol. The highest BCUT2D eigenvalue weighted by Crippen LogP contribution is 2.84. The van der Waals surface area contributed by atoms with E-state index in [4.69, 9.17) is 18.9 Å². The predicted octanol–water partition coefficient (Wildman–Crippen LogP) is -1.37. The van der Waals surface area contributed by atoms with Crippen LogP contribution < -0.4 is 0 Å². The predicted molar refractivity (Wildman–Crippen MR) is 92.0 cm³/mol. The van der Waals surface area contributed by atoms with Gasteiger partial charge in [0.25, 0.3) is 0 Å². The van der Waals surface area contributed by atoms with Crippen molar-refractivity contribution in [1.29, 1.82) is 0 Å². The maximum Gasteiger partial charge on any atom is 0.343 e. The second-order valence-electron chi connectivity index (χ2n) is 10.7. The number of hydrogen-bond donors (Lipinski definition) is 3. The molecule has 6 fully saturated rings. The fourth-order valence-corrected chi connectivity index (χ4v) is 8.12. The lowest BCUT2D eigenvalue weighted by Gasteiger charge is -2.47. The smallest absolute Gasteiger partial charge is 0.343 e. The molecule has 164 valence electrons. The second-order valence-corrected chi connectivity index (χ2v) is 10.7.